The second-order valence-corrected chi connectivity index (χ2v) is 4.11. The molecule has 0 saturated carbocycles. The van der Waals surface area contributed by atoms with Gasteiger partial charge in [-0.15, -0.1) is 0 Å². The zero-order chi connectivity index (χ0) is 11.6. The summed E-state index contributed by atoms with van der Waals surface area (Å²) in [6.45, 7) is 5.00. The van der Waals surface area contributed by atoms with Crippen molar-refractivity contribution in [2.24, 2.45) is 11.5 Å². The minimum absolute atomic E-state index is 0.556. The molecular weight excluding hydrogens is 188 g/mol. The zero-order valence-electron chi connectivity index (χ0n) is 8.53. The van der Waals surface area contributed by atoms with Crippen molar-refractivity contribution >= 4 is 11.9 Å². The quantitative estimate of drug-likeness (QED) is 0.418. The molecule has 0 bridgehead atoms. The molecule has 0 atom stereocenters. The Kier molecular flexibility index (Phi) is 3.61. The van der Waals surface area contributed by atoms with Gasteiger partial charge in [0.05, 0.1) is 6.42 Å². The van der Waals surface area contributed by atoms with E-state index in [0.717, 1.165) is 0 Å². The minimum Gasteiger partial charge on any atom is -0.479 e. The van der Waals surface area contributed by atoms with Crippen LogP contribution in [0.4, 0.5) is 0 Å². The standard InChI is InChI=1S/C8H16N2O4/c1-7(2,3)14-5(11)4-8(9,10)6(12)13/h4,9-10H2,1-3H3,(H,12,13). The lowest BCUT2D eigenvalue weighted by molar-refractivity contribution is -0.160. The molecule has 82 valence electrons. The van der Waals surface area contributed by atoms with Crippen LogP contribution in [0.3, 0.4) is 0 Å². The SMILES string of the molecule is CC(C)(C)OC(=O)CC(N)(N)C(=O)O. The molecule has 0 aliphatic carbocycles. The van der Waals surface area contributed by atoms with Gasteiger partial charge in [0.2, 0.25) is 0 Å². The molecule has 0 radical (unpaired) electrons. The molecule has 5 N–H and O–H groups in total. The van der Waals surface area contributed by atoms with Gasteiger partial charge >= 0.3 is 11.9 Å². The van der Waals surface area contributed by atoms with E-state index in [1.807, 2.05) is 0 Å². The summed E-state index contributed by atoms with van der Waals surface area (Å²) in [6, 6.07) is 0. The maximum atomic E-state index is 11.1. The fourth-order valence-electron chi connectivity index (χ4n) is 0.692. The summed E-state index contributed by atoms with van der Waals surface area (Å²) in [5.41, 5.74) is 7.57. The molecule has 0 rings (SSSR count). The van der Waals surface area contributed by atoms with Crippen molar-refractivity contribution in [3.05, 3.63) is 0 Å². The number of carbonyl (C=O) groups excluding carboxylic acids is 1. The average Bonchev–Trinajstić information content (AvgIpc) is 1.79. The van der Waals surface area contributed by atoms with Crippen LogP contribution in [0.1, 0.15) is 27.2 Å². The van der Waals surface area contributed by atoms with Crippen LogP contribution in [-0.2, 0) is 14.3 Å². The van der Waals surface area contributed by atoms with Crippen molar-refractivity contribution < 1.29 is 19.4 Å². The van der Waals surface area contributed by atoms with Crippen molar-refractivity contribution in [2.75, 3.05) is 0 Å². The van der Waals surface area contributed by atoms with Gasteiger partial charge in [0.15, 0.2) is 5.66 Å². The molecule has 0 heterocycles. The predicted octanol–water partition coefficient (Wildman–Crippen LogP) is -0.583. The van der Waals surface area contributed by atoms with E-state index in [0.29, 0.717) is 0 Å². The first kappa shape index (κ1) is 12.9. The molecule has 0 spiro atoms. The number of hydrogen-bond donors (Lipinski definition) is 3. The summed E-state index contributed by atoms with van der Waals surface area (Å²) >= 11 is 0. The van der Waals surface area contributed by atoms with Crippen LogP contribution in [-0.4, -0.2) is 28.3 Å². The normalized spacial score (nSPS) is 12.4. The number of nitrogens with two attached hydrogens (primary N) is 2. The van der Waals surface area contributed by atoms with Crippen LogP contribution in [0.15, 0.2) is 0 Å². The van der Waals surface area contributed by atoms with E-state index in [1.165, 1.54) is 0 Å². The number of carboxylic acid groups (broad SMARTS) is 1. The van der Waals surface area contributed by atoms with E-state index in [-0.39, 0.29) is 0 Å². The molecule has 14 heavy (non-hydrogen) atoms. The monoisotopic (exact) mass is 204 g/mol. The molecule has 0 saturated heterocycles. The van der Waals surface area contributed by atoms with Crippen molar-refractivity contribution in [1.82, 2.24) is 0 Å². The van der Waals surface area contributed by atoms with Gasteiger partial charge in [-0.1, -0.05) is 0 Å². The summed E-state index contributed by atoms with van der Waals surface area (Å²) in [5, 5.41) is 8.53. The first-order valence-corrected chi connectivity index (χ1v) is 4.07. The van der Waals surface area contributed by atoms with Crippen molar-refractivity contribution in [3.63, 3.8) is 0 Å². The fourth-order valence-corrected chi connectivity index (χ4v) is 0.692. The lowest BCUT2D eigenvalue weighted by Gasteiger charge is -2.23. The first-order chi connectivity index (χ1) is 6.04. The molecule has 0 fully saturated rings. The number of carboxylic acids is 1. The summed E-state index contributed by atoms with van der Waals surface area (Å²) in [4.78, 5) is 21.6. The van der Waals surface area contributed by atoms with Crippen LogP contribution in [0.5, 0.6) is 0 Å². The van der Waals surface area contributed by atoms with E-state index in [9.17, 15) is 9.59 Å². The molecule has 0 aliphatic heterocycles. The van der Waals surface area contributed by atoms with Gasteiger partial charge < -0.3 is 21.3 Å². The molecule has 0 aromatic heterocycles. The third kappa shape index (κ3) is 4.78. The van der Waals surface area contributed by atoms with Crippen molar-refractivity contribution in [1.29, 1.82) is 0 Å². The highest BCUT2D eigenvalue weighted by Gasteiger charge is 2.33. The van der Waals surface area contributed by atoms with E-state index in [2.05, 4.69) is 0 Å². The highest BCUT2D eigenvalue weighted by molar-refractivity contribution is 5.84. The Morgan fingerprint density at radius 3 is 2.00 bits per heavy atom. The molecule has 6 nitrogen and oxygen atoms in total. The van der Waals surface area contributed by atoms with E-state index < -0.39 is 29.6 Å². The molecule has 6 heteroatoms. The van der Waals surface area contributed by atoms with E-state index >= 15 is 0 Å². The maximum Gasteiger partial charge on any atom is 0.339 e. The molecule has 0 aliphatic rings. The van der Waals surface area contributed by atoms with E-state index in [4.69, 9.17) is 21.3 Å². The topological polar surface area (TPSA) is 116 Å². The van der Waals surface area contributed by atoms with Crippen LogP contribution < -0.4 is 11.5 Å². The van der Waals surface area contributed by atoms with Gasteiger partial charge in [-0.05, 0) is 20.8 Å². The molecule has 0 aromatic carbocycles. The predicted molar refractivity (Wildman–Crippen MR) is 49.2 cm³/mol. The Balaban J connectivity index is 4.27. The van der Waals surface area contributed by atoms with Crippen molar-refractivity contribution in [3.8, 4) is 0 Å². The molecule has 0 unspecified atom stereocenters. The lowest BCUT2D eigenvalue weighted by Crippen LogP contribution is -2.58. The smallest absolute Gasteiger partial charge is 0.339 e. The second-order valence-electron chi connectivity index (χ2n) is 4.11. The fraction of sp³-hybridized carbons (Fsp3) is 0.750. The van der Waals surface area contributed by atoms with Crippen molar-refractivity contribution in [2.45, 2.75) is 38.5 Å². The van der Waals surface area contributed by atoms with Crippen LogP contribution >= 0.6 is 0 Å². The van der Waals surface area contributed by atoms with Gasteiger partial charge in [0.25, 0.3) is 0 Å². The number of ether oxygens (including phenoxy) is 1. The van der Waals surface area contributed by atoms with Gasteiger partial charge in [0, 0.05) is 0 Å². The molecule has 0 amide bonds. The Bertz CT molecular complexity index is 242. The largest absolute Gasteiger partial charge is 0.479 e. The molecule has 0 aromatic rings. The summed E-state index contributed by atoms with van der Waals surface area (Å²) in [7, 11) is 0. The summed E-state index contributed by atoms with van der Waals surface area (Å²) in [6.07, 6.45) is -0.556. The van der Waals surface area contributed by atoms with Gasteiger partial charge in [-0.2, -0.15) is 0 Å². The average molecular weight is 204 g/mol. The Morgan fingerprint density at radius 1 is 1.29 bits per heavy atom. The third-order valence-corrected chi connectivity index (χ3v) is 1.26. The first-order valence-electron chi connectivity index (χ1n) is 4.07. The highest BCUT2D eigenvalue weighted by atomic mass is 16.6. The summed E-state index contributed by atoms with van der Waals surface area (Å²) < 4.78 is 4.86. The zero-order valence-corrected chi connectivity index (χ0v) is 8.53. The van der Waals surface area contributed by atoms with Gasteiger partial charge in [0.1, 0.15) is 5.60 Å². The van der Waals surface area contributed by atoms with Crippen LogP contribution in [0.2, 0.25) is 0 Å². The molecular formula is C8H16N2O4. The van der Waals surface area contributed by atoms with Gasteiger partial charge in [-0.3, -0.25) is 4.79 Å². The Morgan fingerprint density at radius 2 is 1.71 bits per heavy atom. The number of esters is 1. The summed E-state index contributed by atoms with van der Waals surface area (Å²) in [5.74, 6) is -2.17. The Hall–Kier alpha value is -1.14. The van der Waals surface area contributed by atoms with Gasteiger partial charge in [-0.25, -0.2) is 4.79 Å². The maximum absolute atomic E-state index is 11.1. The number of rotatable bonds is 3. The van der Waals surface area contributed by atoms with Crippen LogP contribution in [0, 0.1) is 0 Å². The number of hydrogen-bond acceptors (Lipinski definition) is 5. The minimum atomic E-state index is -2.07. The number of carbonyl (C=O) groups is 2. The highest BCUT2D eigenvalue weighted by Crippen LogP contribution is 2.10. The Labute approximate surface area is 82.2 Å². The second kappa shape index (κ2) is 3.93. The lowest BCUT2D eigenvalue weighted by atomic mass is 10.1. The third-order valence-electron chi connectivity index (χ3n) is 1.26. The van der Waals surface area contributed by atoms with Crippen LogP contribution in [0.25, 0.3) is 0 Å². The van der Waals surface area contributed by atoms with E-state index in [1.54, 1.807) is 20.8 Å². The number of aliphatic carboxylic acids is 1.